The number of likely N-dealkylation sites (tertiary alicyclic amines) is 1. The van der Waals surface area contributed by atoms with Gasteiger partial charge in [-0.25, -0.2) is 9.37 Å². The van der Waals surface area contributed by atoms with Crippen LogP contribution in [0.5, 0.6) is 0 Å². The zero-order valence-electron chi connectivity index (χ0n) is 8.19. The monoisotopic (exact) mass is 209 g/mol. The molecule has 1 amide bonds. The molecular formula is C10H12FN3O. The first-order chi connectivity index (χ1) is 7.16. The quantitative estimate of drug-likeness (QED) is 0.728. The smallest absolute Gasteiger partial charge is 0.272 e. The van der Waals surface area contributed by atoms with Gasteiger partial charge in [0.1, 0.15) is 11.5 Å². The van der Waals surface area contributed by atoms with Crippen LogP contribution < -0.4 is 5.73 Å². The van der Waals surface area contributed by atoms with Crippen LogP contribution in [-0.2, 0) is 0 Å². The molecule has 0 spiro atoms. The highest BCUT2D eigenvalue weighted by Crippen LogP contribution is 2.11. The summed E-state index contributed by atoms with van der Waals surface area (Å²) in [6, 6.07) is 2.67. The molecule has 2 heterocycles. The van der Waals surface area contributed by atoms with Crippen LogP contribution in [-0.4, -0.2) is 34.9 Å². The van der Waals surface area contributed by atoms with Gasteiger partial charge in [-0.15, -0.1) is 0 Å². The van der Waals surface area contributed by atoms with Crippen molar-refractivity contribution in [3.63, 3.8) is 0 Å². The van der Waals surface area contributed by atoms with Crippen molar-refractivity contribution in [2.45, 2.75) is 12.5 Å². The summed E-state index contributed by atoms with van der Waals surface area (Å²) in [5.74, 6) is -0.618. The molecular weight excluding hydrogens is 197 g/mol. The fraction of sp³-hybridized carbons (Fsp3) is 0.400. The number of carbonyl (C=O) groups is 1. The van der Waals surface area contributed by atoms with Gasteiger partial charge in [0.25, 0.3) is 5.91 Å². The number of carbonyl (C=O) groups excluding carboxylic acids is 1. The van der Waals surface area contributed by atoms with Crippen molar-refractivity contribution >= 4 is 5.91 Å². The number of nitrogens with zero attached hydrogens (tertiary/aromatic N) is 2. The first-order valence-corrected chi connectivity index (χ1v) is 4.83. The van der Waals surface area contributed by atoms with E-state index in [0.29, 0.717) is 13.1 Å². The predicted molar refractivity (Wildman–Crippen MR) is 52.7 cm³/mol. The molecule has 15 heavy (non-hydrogen) atoms. The van der Waals surface area contributed by atoms with Crippen LogP contribution in [0.2, 0.25) is 0 Å². The second kappa shape index (κ2) is 3.94. The van der Waals surface area contributed by atoms with E-state index in [0.717, 1.165) is 12.6 Å². The van der Waals surface area contributed by atoms with E-state index in [1.165, 1.54) is 12.1 Å². The summed E-state index contributed by atoms with van der Waals surface area (Å²) in [5.41, 5.74) is 5.96. The van der Waals surface area contributed by atoms with Gasteiger partial charge in [-0.2, -0.15) is 0 Å². The van der Waals surface area contributed by atoms with Crippen molar-refractivity contribution in [3.8, 4) is 0 Å². The maximum Gasteiger partial charge on any atom is 0.272 e. The van der Waals surface area contributed by atoms with Crippen LogP contribution in [0.3, 0.4) is 0 Å². The minimum atomic E-state index is -0.440. The van der Waals surface area contributed by atoms with Gasteiger partial charge in [-0.05, 0) is 18.6 Å². The highest BCUT2D eigenvalue weighted by Gasteiger charge is 2.25. The summed E-state index contributed by atoms with van der Waals surface area (Å²) >= 11 is 0. The number of aromatic nitrogens is 1. The van der Waals surface area contributed by atoms with Crippen LogP contribution >= 0.6 is 0 Å². The number of nitrogens with two attached hydrogens (primary N) is 1. The molecule has 0 saturated carbocycles. The Bertz CT molecular complexity index is 365. The van der Waals surface area contributed by atoms with E-state index in [2.05, 4.69) is 4.98 Å². The van der Waals surface area contributed by atoms with Crippen molar-refractivity contribution in [2.75, 3.05) is 13.1 Å². The van der Waals surface area contributed by atoms with Gasteiger partial charge in [-0.3, -0.25) is 4.79 Å². The fourth-order valence-electron chi connectivity index (χ4n) is 1.64. The molecule has 0 radical (unpaired) electrons. The molecule has 4 nitrogen and oxygen atoms in total. The lowest BCUT2D eigenvalue weighted by molar-refractivity contribution is 0.0785. The number of rotatable bonds is 1. The first-order valence-electron chi connectivity index (χ1n) is 4.83. The van der Waals surface area contributed by atoms with Crippen molar-refractivity contribution in [1.29, 1.82) is 0 Å². The van der Waals surface area contributed by atoms with E-state index in [-0.39, 0.29) is 17.6 Å². The number of amides is 1. The van der Waals surface area contributed by atoms with Crippen molar-refractivity contribution in [1.82, 2.24) is 9.88 Å². The van der Waals surface area contributed by atoms with Crippen LogP contribution in [0.4, 0.5) is 4.39 Å². The molecule has 1 fully saturated rings. The lowest BCUT2D eigenvalue weighted by Gasteiger charge is -2.14. The maximum absolute atomic E-state index is 12.6. The summed E-state index contributed by atoms with van der Waals surface area (Å²) in [6.07, 6.45) is 1.86. The zero-order chi connectivity index (χ0) is 10.8. The van der Waals surface area contributed by atoms with Crippen molar-refractivity contribution < 1.29 is 9.18 Å². The zero-order valence-corrected chi connectivity index (χ0v) is 8.19. The molecule has 2 rings (SSSR count). The number of pyridine rings is 1. The van der Waals surface area contributed by atoms with Crippen LogP contribution in [0.25, 0.3) is 0 Å². The Morgan fingerprint density at radius 3 is 2.93 bits per heavy atom. The van der Waals surface area contributed by atoms with E-state index in [1.54, 1.807) is 4.90 Å². The Morgan fingerprint density at radius 2 is 2.40 bits per heavy atom. The summed E-state index contributed by atoms with van der Waals surface area (Å²) in [4.78, 5) is 17.2. The van der Waals surface area contributed by atoms with Crippen LogP contribution in [0.1, 0.15) is 16.9 Å². The fourth-order valence-corrected chi connectivity index (χ4v) is 1.64. The number of halogens is 1. The molecule has 1 saturated heterocycles. The van der Waals surface area contributed by atoms with E-state index in [4.69, 9.17) is 5.73 Å². The van der Waals surface area contributed by atoms with E-state index >= 15 is 0 Å². The minimum absolute atomic E-state index is 0.0504. The Labute approximate surface area is 86.9 Å². The molecule has 0 aliphatic carbocycles. The van der Waals surface area contributed by atoms with Gasteiger partial charge < -0.3 is 10.6 Å². The van der Waals surface area contributed by atoms with E-state index in [9.17, 15) is 9.18 Å². The molecule has 1 aromatic rings. The SMILES string of the molecule is N[C@@H]1CCN(C(=O)c2ccc(F)cn2)C1. The van der Waals surface area contributed by atoms with Gasteiger partial charge in [0.05, 0.1) is 6.20 Å². The predicted octanol–water partition coefficient (Wildman–Crippen LogP) is 0.394. The van der Waals surface area contributed by atoms with Gasteiger partial charge >= 0.3 is 0 Å². The van der Waals surface area contributed by atoms with Gasteiger partial charge in [0, 0.05) is 19.1 Å². The summed E-state index contributed by atoms with van der Waals surface area (Å²) in [7, 11) is 0. The molecule has 1 atom stereocenters. The second-order valence-electron chi connectivity index (χ2n) is 3.66. The van der Waals surface area contributed by atoms with Crippen LogP contribution in [0, 0.1) is 5.82 Å². The van der Waals surface area contributed by atoms with Gasteiger partial charge in [0.2, 0.25) is 0 Å². The Morgan fingerprint density at radius 1 is 1.60 bits per heavy atom. The van der Waals surface area contributed by atoms with Gasteiger partial charge in [0.15, 0.2) is 0 Å². The highest BCUT2D eigenvalue weighted by atomic mass is 19.1. The lowest BCUT2D eigenvalue weighted by Crippen LogP contribution is -2.32. The van der Waals surface area contributed by atoms with Crippen molar-refractivity contribution in [3.05, 3.63) is 29.8 Å². The molecule has 1 aliphatic rings. The third-order valence-electron chi connectivity index (χ3n) is 2.46. The van der Waals surface area contributed by atoms with Crippen LogP contribution in [0.15, 0.2) is 18.3 Å². The summed E-state index contributed by atoms with van der Waals surface area (Å²) < 4.78 is 12.6. The highest BCUT2D eigenvalue weighted by molar-refractivity contribution is 5.92. The summed E-state index contributed by atoms with van der Waals surface area (Å²) in [6.45, 7) is 1.21. The third kappa shape index (κ3) is 2.12. The largest absolute Gasteiger partial charge is 0.336 e. The number of hydrogen-bond donors (Lipinski definition) is 1. The first kappa shape index (κ1) is 10.0. The normalized spacial score (nSPS) is 20.7. The lowest BCUT2D eigenvalue weighted by atomic mass is 10.3. The Hall–Kier alpha value is -1.49. The third-order valence-corrected chi connectivity index (χ3v) is 2.46. The molecule has 0 aromatic carbocycles. The summed E-state index contributed by atoms with van der Waals surface area (Å²) in [5, 5.41) is 0. The second-order valence-corrected chi connectivity index (χ2v) is 3.66. The van der Waals surface area contributed by atoms with E-state index in [1.807, 2.05) is 0 Å². The van der Waals surface area contributed by atoms with E-state index < -0.39 is 5.82 Å². The molecule has 2 N–H and O–H groups in total. The van der Waals surface area contributed by atoms with Gasteiger partial charge in [-0.1, -0.05) is 0 Å². The molecule has 1 aromatic heterocycles. The standard InChI is InChI=1S/C10H12FN3O/c11-7-1-2-9(13-5-7)10(15)14-4-3-8(12)6-14/h1-2,5,8H,3-4,6,12H2/t8-/m1/s1. The number of hydrogen-bond acceptors (Lipinski definition) is 3. The molecule has 0 unspecified atom stereocenters. The maximum atomic E-state index is 12.6. The van der Waals surface area contributed by atoms with Crippen molar-refractivity contribution in [2.24, 2.45) is 5.73 Å². The topological polar surface area (TPSA) is 59.2 Å². The Balaban J connectivity index is 2.11. The molecule has 1 aliphatic heterocycles. The average Bonchev–Trinajstić information content (AvgIpc) is 2.65. The molecule has 80 valence electrons. The average molecular weight is 209 g/mol. The minimum Gasteiger partial charge on any atom is -0.336 e. The molecule has 0 bridgehead atoms. The Kier molecular flexibility index (Phi) is 2.64. The molecule has 5 heteroatoms.